The van der Waals surface area contributed by atoms with Crippen molar-refractivity contribution in [3.8, 4) is 10.4 Å². The Balaban J connectivity index is 1.51. The minimum absolute atomic E-state index is 0.146. The summed E-state index contributed by atoms with van der Waals surface area (Å²) in [4.78, 5) is 20.8. The molecule has 0 N–H and O–H groups in total. The van der Waals surface area contributed by atoms with Gasteiger partial charge in [-0.05, 0) is 42.0 Å². The minimum atomic E-state index is 0.146. The topological polar surface area (TPSA) is 38.1 Å². The van der Waals surface area contributed by atoms with Gasteiger partial charge in [0.05, 0.1) is 5.69 Å². The van der Waals surface area contributed by atoms with Crippen molar-refractivity contribution >= 4 is 11.3 Å². The van der Waals surface area contributed by atoms with Crippen LogP contribution in [0, 0.1) is 5.92 Å². The molecule has 5 rings (SSSR count). The van der Waals surface area contributed by atoms with E-state index in [0.717, 1.165) is 31.9 Å². The molecule has 1 saturated heterocycles. The summed E-state index contributed by atoms with van der Waals surface area (Å²) >= 11 is 1.75. The van der Waals surface area contributed by atoms with E-state index >= 15 is 0 Å². The van der Waals surface area contributed by atoms with E-state index in [4.69, 9.17) is 0 Å². The lowest BCUT2D eigenvalue weighted by molar-refractivity contribution is 0.113. The van der Waals surface area contributed by atoms with E-state index < -0.39 is 0 Å². The molecule has 0 amide bonds. The fraction of sp³-hybridized carbons (Fsp3) is 0.333. The van der Waals surface area contributed by atoms with Crippen molar-refractivity contribution < 1.29 is 0 Å². The van der Waals surface area contributed by atoms with Gasteiger partial charge in [0.15, 0.2) is 0 Å². The second-order valence-corrected chi connectivity index (χ2v) is 8.32. The highest BCUT2D eigenvalue weighted by atomic mass is 32.1. The molecule has 0 aliphatic carbocycles. The van der Waals surface area contributed by atoms with Gasteiger partial charge >= 0.3 is 0 Å². The molecule has 2 bridgehead atoms. The van der Waals surface area contributed by atoms with Crippen molar-refractivity contribution in [2.75, 3.05) is 13.1 Å². The zero-order chi connectivity index (χ0) is 17.5. The first kappa shape index (κ1) is 16.0. The average molecular weight is 363 g/mol. The summed E-state index contributed by atoms with van der Waals surface area (Å²) in [6.07, 6.45) is 3.05. The molecule has 1 fully saturated rings. The van der Waals surface area contributed by atoms with E-state index in [-0.39, 0.29) is 5.56 Å². The fourth-order valence-electron chi connectivity index (χ4n) is 4.60. The maximum atomic E-state index is 12.5. The van der Waals surface area contributed by atoms with Gasteiger partial charge in [-0.2, -0.15) is 0 Å². The molecule has 3 aromatic heterocycles. The summed E-state index contributed by atoms with van der Waals surface area (Å²) in [5.74, 6) is 0.957. The maximum absolute atomic E-state index is 12.5. The first-order valence-corrected chi connectivity index (χ1v) is 10.1. The number of hydrogen-bond acceptors (Lipinski definition) is 4. The summed E-state index contributed by atoms with van der Waals surface area (Å²) in [5, 5.41) is 2.11. The van der Waals surface area contributed by atoms with Crippen molar-refractivity contribution in [3.63, 3.8) is 0 Å². The van der Waals surface area contributed by atoms with Crippen LogP contribution in [0.1, 0.15) is 23.7 Å². The number of rotatable bonds is 3. The van der Waals surface area contributed by atoms with E-state index in [1.807, 2.05) is 22.9 Å². The van der Waals surface area contributed by atoms with Gasteiger partial charge < -0.3 is 4.57 Å². The molecule has 0 unspecified atom stereocenters. The number of nitrogens with zero attached hydrogens (tertiary/aromatic N) is 3. The van der Waals surface area contributed by atoms with Crippen molar-refractivity contribution in [1.29, 1.82) is 0 Å². The Kier molecular flexibility index (Phi) is 3.98. The van der Waals surface area contributed by atoms with Crippen LogP contribution in [-0.4, -0.2) is 27.5 Å². The number of aromatic nitrogens is 2. The Morgan fingerprint density at radius 3 is 2.85 bits per heavy atom. The Labute approximate surface area is 156 Å². The largest absolute Gasteiger partial charge is 0.311 e. The molecule has 5 heterocycles. The summed E-state index contributed by atoms with van der Waals surface area (Å²) in [5.41, 5.74) is 3.74. The summed E-state index contributed by atoms with van der Waals surface area (Å²) < 4.78 is 2.05. The van der Waals surface area contributed by atoms with Crippen LogP contribution < -0.4 is 5.56 Å². The molecule has 0 radical (unpaired) electrons. The van der Waals surface area contributed by atoms with Crippen LogP contribution in [0.3, 0.4) is 0 Å². The molecule has 2 atom stereocenters. The fourth-order valence-corrected chi connectivity index (χ4v) is 5.36. The number of thiophene rings is 1. The molecule has 3 aromatic rings. The van der Waals surface area contributed by atoms with Gasteiger partial charge in [0.2, 0.25) is 0 Å². The van der Waals surface area contributed by atoms with Crippen LogP contribution in [0.5, 0.6) is 0 Å². The summed E-state index contributed by atoms with van der Waals surface area (Å²) in [6.45, 7) is 3.76. The van der Waals surface area contributed by atoms with Crippen LogP contribution >= 0.6 is 11.3 Å². The van der Waals surface area contributed by atoms with Gasteiger partial charge in [-0.3, -0.25) is 14.7 Å². The Hall–Kier alpha value is -2.24. The normalized spacial score (nSPS) is 22.2. The SMILES string of the molecule is O=c1ccc(-c2cccs2)c2n1C[C@H]1C[C@@H]2CN(Cc2ccccn2)C1. The summed E-state index contributed by atoms with van der Waals surface area (Å²) in [7, 11) is 0. The second-order valence-electron chi connectivity index (χ2n) is 7.37. The first-order chi connectivity index (χ1) is 12.8. The zero-order valence-corrected chi connectivity index (χ0v) is 15.4. The van der Waals surface area contributed by atoms with Crippen LogP contribution in [0.4, 0.5) is 0 Å². The van der Waals surface area contributed by atoms with Crippen molar-refractivity contribution in [2.24, 2.45) is 5.92 Å². The smallest absolute Gasteiger partial charge is 0.250 e. The van der Waals surface area contributed by atoms with Gasteiger partial charge in [0, 0.05) is 60.5 Å². The van der Waals surface area contributed by atoms with Crippen LogP contribution in [0.15, 0.2) is 58.8 Å². The quantitative estimate of drug-likeness (QED) is 0.714. The highest BCUT2D eigenvalue weighted by Gasteiger charge is 2.36. The van der Waals surface area contributed by atoms with E-state index in [1.165, 1.54) is 22.6 Å². The third-order valence-electron chi connectivity index (χ3n) is 5.56. The van der Waals surface area contributed by atoms with Crippen LogP contribution in [-0.2, 0) is 13.1 Å². The van der Waals surface area contributed by atoms with Crippen molar-refractivity contribution in [3.05, 3.63) is 75.8 Å². The number of fused-ring (bicyclic) bond motifs is 4. The van der Waals surface area contributed by atoms with E-state index in [9.17, 15) is 4.79 Å². The molecule has 5 heteroatoms. The molecular weight excluding hydrogens is 342 g/mol. The lowest BCUT2D eigenvalue weighted by atomic mass is 9.81. The Morgan fingerprint density at radius 1 is 1.08 bits per heavy atom. The lowest BCUT2D eigenvalue weighted by Gasteiger charge is -2.43. The van der Waals surface area contributed by atoms with E-state index in [1.54, 1.807) is 17.4 Å². The van der Waals surface area contributed by atoms with Crippen molar-refractivity contribution in [1.82, 2.24) is 14.5 Å². The van der Waals surface area contributed by atoms with Gasteiger partial charge in [0.25, 0.3) is 5.56 Å². The zero-order valence-electron chi connectivity index (χ0n) is 14.5. The lowest BCUT2D eigenvalue weighted by Crippen LogP contribution is -2.47. The Bertz CT molecular complexity index is 965. The Morgan fingerprint density at radius 2 is 2.04 bits per heavy atom. The molecule has 2 aliphatic rings. The van der Waals surface area contributed by atoms with Crippen LogP contribution in [0.2, 0.25) is 0 Å². The van der Waals surface area contributed by atoms with E-state index in [2.05, 4.69) is 39.5 Å². The maximum Gasteiger partial charge on any atom is 0.250 e. The number of piperidine rings is 1. The average Bonchev–Trinajstić information content (AvgIpc) is 3.18. The molecule has 0 aromatic carbocycles. The minimum Gasteiger partial charge on any atom is -0.311 e. The number of hydrogen-bond donors (Lipinski definition) is 0. The predicted octanol–water partition coefficient (Wildman–Crippen LogP) is 3.59. The molecular formula is C21H21N3OS. The molecule has 132 valence electrons. The van der Waals surface area contributed by atoms with Gasteiger partial charge in [-0.25, -0.2) is 0 Å². The van der Waals surface area contributed by atoms with Crippen LogP contribution in [0.25, 0.3) is 10.4 Å². The molecule has 26 heavy (non-hydrogen) atoms. The third-order valence-corrected chi connectivity index (χ3v) is 6.47. The highest BCUT2D eigenvalue weighted by Crippen LogP contribution is 2.41. The molecule has 0 saturated carbocycles. The van der Waals surface area contributed by atoms with E-state index in [0.29, 0.717) is 11.8 Å². The summed E-state index contributed by atoms with van der Waals surface area (Å²) in [6, 6.07) is 14.1. The first-order valence-electron chi connectivity index (χ1n) is 9.18. The third kappa shape index (κ3) is 2.81. The molecule has 4 nitrogen and oxygen atoms in total. The molecule has 2 aliphatic heterocycles. The van der Waals surface area contributed by atoms with Gasteiger partial charge in [-0.15, -0.1) is 11.3 Å². The van der Waals surface area contributed by atoms with Crippen molar-refractivity contribution in [2.45, 2.75) is 25.4 Å². The predicted molar refractivity (Wildman–Crippen MR) is 104 cm³/mol. The number of likely N-dealkylation sites (tertiary alicyclic amines) is 1. The highest BCUT2D eigenvalue weighted by molar-refractivity contribution is 7.13. The monoisotopic (exact) mass is 363 g/mol. The number of pyridine rings is 2. The second kappa shape index (κ2) is 6.49. The van der Waals surface area contributed by atoms with Gasteiger partial charge in [0.1, 0.15) is 0 Å². The molecule has 0 spiro atoms. The standard InChI is InChI=1S/C21H21N3OS/c25-20-7-6-18(19-5-3-9-26-19)21-16-10-15(12-24(20)21)11-23(13-16)14-17-4-1-2-8-22-17/h1-9,15-16H,10-14H2/t15-,16+/m0/s1. The van der Waals surface area contributed by atoms with Gasteiger partial charge in [-0.1, -0.05) is 12.1 Å².